The lowest BCUT2D eigenvalue weighted by molar-refractivity contribution is -0.384. The first-order chi connectivity index (χ1) is 12.9. The van der Waals surface area contributed by atoms with Gasteiger partial charge in [-0.1, -0.05) is 35.9 Å². The van der Waals surface area contributed by atoms with E-state index in [2.05, 4.69) is 10.3 Å². The molecule has 0 aliphatic rings. The molecule has 0 aliphatic heterocycles. The lowest BCUT2D eigenvalue weighted by atomic mass is 10.1. The van der Waals surface area contributed by atoms with Crippen LogP contribution in [0.4, 0.5) is 5.69 Å². The van der Waals surface area contributed by atoms with Crippen molar-refractivity contribution in [1.82, 2.24) is 10.3 Å². The minimum Gasteiger partial charge on any atom is -0.347 e. The average molecular weight is 402 g/mol. The molecule has 1 heterocycles. The fraction of sp³-hybridized carbons (Fsp3) is 0.158. The van der Waals surface area contributed by atoms with Gasteiger partial charge in [-0.15, -0.1) is 11.3 Å². The van der Waals surface area contributed by atoms with Gasteiger partial charge in [0.05, 0.1) is 27.7 Å². The van der Waals surface area contributed by atoms with Crippen molar-refractivity contribution in [1.29, 1.82) is 0 Å². The number of hydrogen-bond donors (Lipinski definition) is 1. The number of amides is 1. The Kier molecular flexibility index (Phi) is 5.53. The maximum atomic E-state index is 12.4. The van der Waals surface area contributed by atoms with Crippen LogP contribution in [0.2, 0.25) is 5.02 Å². The molecule has 6 nitrogen and oxygen atoms in total. The van der Waals surface area contributed by atoms with Crippen LogP contribution in [0, 0.1) is 24.0 Å². The minimum absolute atomic E-state index is 0.0447. The van der Waals surface area contributed by atoms with Gasteiger partial charge in [0.1, 0.15) is 5.01 Å². The molecule has 0 radical (unpaired) electrons. The molecule has 3 rings (SSSR count). The summed E-state index contributed by atoms with van der Waals surface area (Å²) in [5.41, 5.74) is 3.11. The van der Waals surface area contributed by atoms with Gasteiger partial charge in [-0.2, -0.15) is 0 Å². The van der Waals surface area contributed by atoms with Crippen LogP contribution >= 0.6 is 22.9 Å². The molecular formula is C19H16ClN3O3S. The molecular weight excluding hydrogens is 386 g/mol. The molecule has 1 N–H and O–H groups in total. The van der Waals surface area contributed by atoms with Gasteiger partial charge in [0.15, 0.2) is 0 Å². The summed E-state index contributed by atoms with van der Waals surface area (Å²) in [6.07, 6.45) is 0. The number of halogens is 1. The Hall–Kier alpha value is -2.77. The minimum atomic E-state index is -0.554. The van der Waals surface area contributed by atoms with Crippen LogP contribution in [0.5, 0.6) is 0 Å². The molecule has 0 fully saturated rings. The van der Waals surface area contributed by atoms with Gasteiger partial charge >= 0.3 is 0 Å². The van der Waals surface area contributed by atoms with Gasteiger partial charge in [0, 0.05) is 22.6 Å². The number of carbonyl (C=O) groups excluding carboxylic acids is 1. The zero-order chi connectivity index (χ0) is 19.6. The fourth-order valence-electron chi connectivity index (χ4n) is 2.58. The van der Waals surface area contributed by atoms with E-state index in [1.54, 1.807) is 0 Å². The van der Waals surface area contributed by atoms with Crippen molar-refractivity contribution >= 4 is 34.5 Å². The number of nitrogens with one attached hydrogen (secondary N) is 1. The van der Waals surface area contributed by atoms with Crippen LogP contribution in [0.1, 0.15) is 26.5 Å². The Bertz CT molecular complexity index is 1030. The molecule has 0 bridgehead atoms. The van der Waals surface area contributed by atoms with E-state index in [-0.39, 0.29) is 22.2 Å². The fourth-order valence-corrected chi connectivity index (χ4v) is 3.93. The van der Waals surface area contributed by atoms with E-state index in [0.717, 1.165) is 26.7 Å². The third-order valence-corrected chi connectivity index (χ3v) is 5.59. The number of aryl methyl sites for hydroxylation is 2. The quantitative estimate of drug-likeness (QED) is 0.485. The summed E-state index contributed by atoms with van der Waals surface area (Å²) >= 11 is 7.53. The second-order valence-corrected chi connectivity index (χ2v) is 7.44. The van der Waals surface area contributed by atoms with Gasteiger partial charge in [0.25, 0.3) is 11.6 Å². The smallest absolute Gasteiger partial charge is 0.270 e. The average Bonchev–Trinajstić information content (AvgIpc) is 3.00. The number of nitro benzene ring substituents is 1. The molecule has 1 amide bonds. The van der Waals surface area contributed by atoms with E-state index in [0.29, 0.717) is 6.54 Å². The lowest BCUT2D eigenvalue weighted by Crippen LogP contribution is -2.23. The summed E-state index contributed by atoms with van der Waals surface area (Å²) in [6, 6.07) is 11.8. The molecule has 2 aromatic carbocycles. The van der Waals surface area contributed by atoms with Crippen molar-refractivity contribution in [2.75, 3.05) is 0 Å². The van der Waals surface area contributed by atoms with Crippen molar-refractivity contribution in [2.45, 2.75) is 20.4 Å². The summed E-state index contributed by atoms with van der Waals surface area (Å²) < 4.78 is 0. The van der Waals surface area contributed by atoms with E-state index in [1.807, 2.05) is 38.1 Å². The number of rotatable bonds is 5. The number of carbonyl (C=O) groups is 1. The molecule has 1 aromatic heterocycles. The van der Waals surface area contributed by atoms with Crippen LogP contribution in [0.15, 0.2) is 42.5 Å². The summed E-state index contributed by atoms with van der Waals surface area (Å²) in [5.74, 6) is -0.389. The second kappa shape index (κ2) is 7.85. The van der Waals surface area contributed by atoms with E-state index in [4.69, 9.17) is 11.6 Å². The number of non-ortho nitro benzene ring substituents is 1. The summed E-state index contributed by atoms with van der Waals surface area (Å²) in [5, 5.41) is 14.5. The van der Waals surface area contributed by atoms with Gasteiger partial charge in [-0.25, -0.2) is 4.98 Å². The summed E-state index contributed by atoms with van der Waals surface area (Å²) in [6.45, 7) is 4.24. The maximum absolute atomic E-state index is 12.4. The van der Waals surface area contributed by atoms with E-state index in [1.165, 1.54) is 29.5 Å². The molecule has 3 aromatic rings. The molecule has 0 saturated heterocycles. The van der Waals surface area contributed by atoms with Gasteiger partial charge in [-0.3, -0.25) is 14.9 Å². The Morgan fingerprint density at radius 2 is 2.00 bits per heavy atom. The first-order valence-electron chi connectivity index (χ1n) is 8.11. The van der Waals surface area contributed by atoms with Gasteiger partial charge < -0.3 is 5.32 Å². The Morgan fingerprint density at radius 3 is 2.67 bits per heavy atom. The van der Waals surface area contributed by atoms with E-state index >= 15 is 0 Å². The number of thiazole rings is 1. The third-order valence-electron chi connectivity index (χ3n) is 4.09. The summed E-state index contributed by atoms with van der Waals surface area (Å²) in [7, 11) is 0. The SMILES string of the molecule is Cc1ccccc1-c1nc(C)c(CNC(=O)c2ccc([N+](=O)[O-])cc2Cl)s1. The Balaban J connectivity index is 1.75. The largest absolute Gasteiger partial charge is 0.347 e. The lowest BCUT2D eigenvalue weighted by Gasteiger charge is -2.06. The Labute approximate surface area is 165 Å². The number of benzene rings is 2. The molecule has 0 unspecified atom stereocenters. The van der Waals surface area contributed by atoms with Gasteiger partial charge in [-0.05, 0) is 25.5 Å². The van der Waals surface area contributed by atoms with Crippen molar-refractivity contribution in [3.05, 3.63) is 79.3 Å². The van der Waals surface area contributed by atoms with Crippen LogP contribution in [-0.2, 0) is 6.54 Å². The first-order valence-corrected chi connectivity index (χ1v) is 9.30. The number of nitrogens with zero attached hydrogens (tertiary/aromatic N) is 2. The number of hydrogen-bond acceptors (Lipinski definition) is 5. The third kappa shape index (κ3) is 4.15. The monoisotopic (exact) mass is 401 g/mol. The highest BCUT2D eigenvalue weighted by Gasteiger charge is 2.16. The van der Waals surface area contributed by atoms with Crippen LogP contribution in [-0.4, -0.2) is 15.8 Å². The highest BCUT2D eigenvalue weighted by Crippen LogP contribution is 2.30. The Morgan fingerprint density at radius 1 is 1.26 bits per heavy atom. The normalized spacial score (nSPS) is 10.6. The van der Waals surface area contributed by atoms with Crippen molar-refractivity contribution in [3.63, 3.8) is 0 Å². The standard InChI is InChI=1S/C19H16ClN3O3S/c1-11-5-3-4-6-14(11)19-22-12(2)17(27-19)10-21-18(24)15-8-7-13(23(25)26)9-16(15)20/h3-9H,10H2,1-2H3,(H,21,24). The highest BCUT2D eigenvalue weighted by atomic mass is 35.5. The molecule has 27 heavy (non-hydrogen) atoms. The predicted octanol–water partition coefficient (Wildman–Crippen LogP) is 4.92. The van der Waals surface area contributed by atoms with Crippen molar-refractivity contribution < 1.29 is 9.72 Å². The predicted molar refractivity (Wildman–Crippen MR) is 106 cm³/mol. The maximum Gasteiger partial charge on any atom is 0.270 e. The topological polar surface area (TPSA) is 85.1 Å². The van der Waals surface area contributed by atoms with E-state index < -0.39 is 4.92 Å². The zero-order valence-corrected chi connectivity index (χ0v) is 16.2. The van der Waals surface area contributed by atoms with Crippen LogP contribution in [0.25, 0.3) is 10.6 Å². The molecule has 0 saturated carbocycles. The molecule has 0 aliphatic carbocycles. The van der Waals surface area contributed by atoms with Gasteiger partial charge in [0.2, 0.25) is 0 Å². The van der Waals surface area contributed by atoms with Crippen LogP contribution in [0.3, 0.4) is 0 Å². The van der Waals surface area contributed by atoms with Crippen LogP contribution < -0.4 is 5.32 Å². The van der Waals surface area contributed by atoms with Crippen molar-refractivity contribution in [2.24, 2.45) is 0 Å². The van der Waals surface area contributed by atoms with E-state index in [9.17, 15) is 14.9 Å². The first kappa shape index (κ1) is 19.0. The molecule has 8 heteroatoms. The molecule has 0 atom stereocenters. The molecule has 138 valence electrons. The summed E-state index contributed by atoms with van der Waals surface area (Å²) in [4.78, 5) is 28.1. The highest BCUT2D eigenvalue weighted by molar-refractivity contribution is 7.15. The zero-order valence-electron chi connectivity index (χ0n) is 14.7. The van der Waals surface area contributed by atoms with Crippen molar-refractivity contribution in [3.8, 4) is 10.6 Å². The number of aromatic nitrogens is 1. The molecule has 0 spiro atoms. The second-order valence-electron chi connectivity index (χ2n) is 5.95. The number of nitro groups is 1.